The number of H-pyrrole nitrogens is 1. The Kier molecular flexibility index (Phi) is 7.50. The van der Waals surface area contributed by atoms with Crippen LogP contribution in [0, 0.1) is 5.92 Å². The van der Waals surface area contributed by atoms with Crippen LogP contribution in [-0.4, -0.2) is 82.8 Å². The lowest BCUT2D eigenvalue weighted by atomic mass is 10.0. The Bertz CT molecular complexity index is 1880. The van der Waals surface area contributed by atoms with Gasteiger partial charge >= 0.3 is 15.1 Å². The van der Waals surface area contributed by atoms with Gasteiger partial charge in [0, 0.05) is 5.92 Å². The van der Waals surface area contributed by atoms with Crippen LogP contribution in [0.15, 0.2) is 23.8 Å². The van der Waals surface area contributed by atoms with E-state index in [1.165, 1.54) is 23.5 Å². The molecule has 4 aromatic rings. The van der Waals surface area contributed by atoms with E-state index in [9.17, 15) is 13.9 Å². The van der Waals surface area contributed by atoms with Gasteiger partial charge in [-0.2, -0.15) is 4.98 Å². The van der Waals surface area contributed by atoms with Crippen molar-refractivity contribution in [3.8, 4) is 0 Å². The predicted molar refractivity (Wildman–Crippen MR) is 151 cm³/mol. The van der Waals surface area contributed by atoms with Crippen LogP contribution in [0.2, 0.25) is 0 Å². The summed E-state index contributed by atoms with van der Waals surface area (Å²) in [6, 6.07) is 0. The van der Waals surface area contributed by atoms with Crippen molar-refractivity contribution < 1.29 is 41.1 Å². The number of hydrogen-bond acceptors (Lipinski definition) is 16. The second kappa shape index (κ2) is 11.1. The smallest absolute Gasteiger partial charge is 0.382 e. The third kappa shape index (κ3) is 5.11. The molecule has 0 aromatic carbocycles. The second-order valence-corrected chi connectivity index (χ2v) is 14.2. The number of aromatic amines is 1. The van der Waals surface area contributed by atoms with Crippen molar-refractivity contribution >= 4 is 61.4 Å². The van der Waals surface area contributed by atoms with Gasteiger partial charge in [0.25, 0.3) is 5.56 Å². The van der Waals surface area contributed by atoms with E-state index in [4.69, 9.17) is 39.0 Å². The summed E-state index contributed by atoms with van der Waals surface area (Å²) in [5, 5.41) is 0. The number of anilines is 2. The number of thiol groups is 1. The highest BCUT2D eigenvalue weighted by Gasteiger charge is 2.52. The van der Waals surface area contributed by atoms with Gasteiger partial charge in [0.2, 0.25) is 5.95 Å². The zero-order valence-corrected chi connectivity index (χ0v) is 25.3. The van der Waals surface area contributed by atoms with Gasteiger partial charge in [-0.05, 0) is 0 Å². The fourth-order valence-electron chi connectivity index (χ4n) is 5.52. The Morgan fingerprint density at radius 1 is 1.05 bits per heavy atom. The number of hydrogen-bond donors (Lipinski definition) is 4. The first-order valence-electron chi connectivity index (χ1n) is 13.1. The number of imidazole rings is 2. The summed E-state index contributed by atoms with van der Waals surface area (Å²) in [6.07, 6.45) is -5.08. The van der Waals surface area contributed by atoms with Gasteiger partial charge in [-0.25, -0.2) is 28.9 Å². The third-order valence-electron chi connectivity index (χ3n) is 7.55. The second-order valence-electron chi connectivity index (χ2n) is 10.3. The molecule has 5 N–H and O–H groups in total. The minimum atomic E-state index is -4.34. The maximum Gasteiger partial charge on any atom is 0.386 e. The molecule has 3 aliphatic heterocycles. The molecule has 3 saturated heterocycles. The Hall–Kier alpha value is -3.00. The van der Waals surface area contributed by atoms with Gasteiger partial charge in [-0.3, -0.25) is 32.5 Å². The summed E-state index contributed by atoms with van der Waals surface area (Å²) in [5.74, 6) is -0.552. The Labute approximate surface area is 251 Å². The number of aromatic nitrogens is 8. The number of nitrogens with one attached hydrogen (secondary N) is 1. The fraction of sp³-hybridized carbons (Fsp3) is 0.524. The van der Waals surface area contributed by atoms with Crippen molar-refractivity contribution in [1.29, 1.82) is 0 Å². The molecule has 7 rings (SSSR count). The summed E-state index contributed by atoms with van der Waals surface area (Å²) < 4.78 is 79.5. The van der Waals surface area contributed by atoms with Gasteiger partial charge < -0.3 is 30.0 Å². The van der Waals surface area contributed by atoms with E-state index in [1.807, 2.05) is 0 Å². The molecular formula is C21H25FN10O9P2S. The zero-order valence-electron chi connectivity index (χ0n) is 22.5. The first-order chi connectivity index (χ1) is 21.0. The van der Waals surface area contributed by atoms with E-state index in [2.05, 4.69) is 42.2 Å². The molecule has 0 aliphatic carbocycles. The normalized spacial score (nSPS) is 36.6. The van der Waals surface area contributed by atoms with Crippen molar-refractivity contribution in [1.82, 2.24) is 39.0 Å². The van der Waals surface area contributed by atoms with Crippen LogP contribution in [0.1, 0.15) is 19.4 Å². The number of alkyl halides is 1. The molecule has 1 unspecified atom stereocenters. The standard InChI is InChI=1S/C21H25FN10O9P2S/c1-7-13-9(39-19(7)31-5-27-11-15(23)25-4-26-16(11)31)3-37-43(35,44)41-14-10(22)8(2-36-42(34)40-13)38-20(14)32-6-28-12-17(32)29-21(24)30-18(12)33/h4-10,13-14,19-20,42H,2-3H2,1H3,(H,35,44)(H2,23,25,26)(H3,24,29,30,33)/t7-,8-,9-,10-,13+,14-,19-,20-,43-/m1/s1. The van der Waals surface area contributed by atoms with E-state index in [0.717, 1.165) is 0 Å². The highest BCUT2D eigenvalue weighted by Crippen LogP contribution is 2.58. The third-order valence-corrected chi connectivity index (χ3v) is 10.0. The van der Waals surface area contributed by atoms with Crippen molar-refractivity contribution in [2.24, 2.45) is 5.92 Å². The predicted octanol–water partition coefficient (Wildman–Crippen LogP) is 1.14. The van der Waals surface area contributed by atoms with Crippen molar-refractivity contribution in [3.05, 3.63) is 29.3 Å². The zero-order chi connectivity index (χ0) is 30.9. The van der Waals surface area contributed by atoms with Gasteiger partial charge in [0.15, 0.2) is 35.0 Å². The van der Waals surface area contributed by atoms with Crippen LogP contribution >= 0.6 is 27.3 Å². The molecule has 236 valence electrons. The number of ether oxygens (including phenoxy) is 2. The largest absolute Gasteiger partial charge is 0.386 e. The molecule has 0 saturated carbocycles. The summed E-state index contributed by atoms with van der Waals surface area (Å²) in [5.41, 5.74) is 11.5. The highest BCUT2D eigenvalue weighted by atomic mass is 32.7. The molecular weight excluding hydrogens is 649 g/mol. The minimum absolute atomic E-state index is 0.0483. The number of halogens is 1. The van der Waals surface area contributed by atoms with Crippen LogP contribution in [0.3, 0.4) is 0 Å². The Balaban J connectivity index is 1.18. The average molecular weight is 675 g/mol. The van der Waals surface area contributed by atoms with E-state index >= 15 is 4.39 Å². The number of fused-ring (bicyclic) bond motifs is 5. The number of nitrogens with two attached hydrogens (primary N) is 2. The van der Waals surface area contributed by atoms with E-state index in [-0.39, 0.29) is 22.9 Å². The molecule has 23 heteroatoms. The molecule has 19 nitrogen and oxygen atoms in total. The minimum Gasteiger partial charge on any atom is -0.382 e. The monoisotopic (exact) mass is 674 g/mol. The molecule has 4 aromatic heterocycles. The van der Waals surface area contributed by atoms with Gasteiger partial charge in [0.05, 0.1) is 25.9 Å². The van der Waals surface area contributed by atoms with Crippen LogP contribution < -0.4 is 17.0 Å². The molecule has 44 heavy (non-hydrogen) atoms. The number of rotatable bonds is 2. The molecule has 7 heterocycles. The molecule has 0 radical (unpaired) electrons. The molecule has 3 fully saturated rings. The topological polar surface area (TPSA) is 249 Å². The number of nitrogen functional groups attached to an aromatic ring is 2. The quantitative estimate of drug-likeness (QED) is 0.172. The van der Waals surface area contributed by atoms with Crippen LogP contribution in [0.4, 0.5) is 16.2 Å². The van der Waals surface area contributed by atoms with E-state index < -0.39 is 82.8 Å². The molecule has 0 amide bonds. The molecule has 3 aliphatic rings. The molecule has 2 bridgehead atoms. The molecule has 0 spiro atoms. The lowest BCUT2D eigenvalue weighted by Gasteiger charge is -2.25. The van der Waals surface area contributed by atoms with Crippen LogP contribution in [0.25, 0.3) is 22.3 Å². The first kappa shape index (κ1) is 29.7. The van der Waals surface area contributed by atoms with E-state index in [0.29, 0.717) is 11.2 Å². The maximum absolute atomic E-state index is 15.8. The SMILES string of the molecule is C[C@@H]1[C@@H]2O[PH](=O)OC[C@H]3O[C@@H](n4cnc5c(=O)[nH]c(N)nc54)[C@H](O[P@](=O)(S)OC[C@H]2O[C@H]1n1cnc2c(N)ncnc21)[C@@H]3F. The van der Waals surface area contributed by atoms with Gasteiger partial charge in [0.1, 0.15) is 42.5 Å². The molecule has 10 atom stereocenters. The Morgan fingerprint density at radius 2 is 1.77 bits per heavy atom. The van der Waals surface area contributed by atoms with Crippen molar-refractivity contribution in [2.75, 3.05) is 24.7 Å². The van der Waals surface area contributed by atoms with E-state index in [1.54, 1.807) is 11.5 Å². The van der Waals surface area contributed by atoms with Gasteiger partial charge in [-0.15, -0.1) is 0 Å². The lowest BCUT2D eigenvalue weighted by Crippen LogP contribution is -2.32. The average Bonchev–Trinajstić information content (AvgIpc) is 3.72. The maximum atomic E-state index is 15.8. The summed E-state index contributed by atoms with van der Waals surface area (Å²) >= 11 is 4.08. The fourth-order valence-corrected chi connectivity index (χ4v) is 7.92. The first-order valence-corrected chi connectivity index (χ1v) is 17.0. The lowest BCUT2D eigenvalue weighted by molar-refractivity contribution is -0.0557. The van der Waals surface area contributed by atoms with Crippen molar-refractivity contribution in [2.45, 2.75) is 50.0 Å². The summed E-state index contributed by atoms with van der Waals surface area (Å²) in [4.78, 5) is 35.1. The number of nitrogens with zero attached hydrogens (tertiary/aromatic N) is 7. The summed E-state index contributed by atoms with van der Waals surface area (Å²) in [7, 11) is -3.27. The highest BCUT2D eigenvalue weighted by molar-refractivity contribution is 8.44. The van der Waals surface area contributed by atoms with Crippen LogP contribution in [0.5, 0.6) is 0 Å². The Morgan fingerprint density at radius 3 is 2.57 bits per heavy atom. The van der Waals surface area contributed by atoms with Gasteiger partial charge in [-0.1, -0.05) is 19.2 Å². The summed E-state index contributed by atoms with van der Waals surface area (Å²) in [6.45, 7) is -3.53. The van der Waals surface area contributed by atoms with Crippen molar-refractivity contribution in [3.63, 3.8) is 0 Å². The van der Waals surface area contributed by atoms with Crippen LogP contribution in [-0.2, 0) is 36.7 Å².